The zero-order valence-electron chi connectivity index (χ0n) is 27.5. The van der Waals surface area contributed by atoms with Crippen LogP contribution in [0.4, 0.5) is 47.5 Å². The molecular formula is C31H35F7N8O4. The first-order valence-electron chi connectivity index (χ1n) is 15.6. The molecule has 1 N–H and O–H groups in total. The highest BCUT2D eigenvalue weighted by Crippen LogP contribution is 2.33. The van der Waals surface area contributed by atoms with E-state index in [1.54, 1.807) is 25.7 Å². The van der Waals surface area contributed by atoms with E-state index >= 15 is 0 Å². The number of rotatable bonds is 8. The maximum absolute atomic E-state index is 14.8. The summed E-state index contributed by atoms with van der Waals surface area (Å²) in [5.41, 5.74) is -1.07. The van der Waals surface area contributed by atoms with E-state index in [2.05, 4.69) is 25.4 Å². The molecule has 2 saturated heterocycles. The minimum absolute atomic E-state index is 0.00275. The molecule has 3 aromatic rings. The van der Waals surface area contributed by atoms with Crippen LogP contribution in [0.25, 0.3) is 0 Å². The highest BCUT2D eigenvalue weighted by atomic mass is 19.4. The number of hydrogen-bond donors (Lipinski definition) is 1. The molecule has 2 aliphatic heterocycles. The first-order chi connectivity index (χ1) is 23.3. The molecule has 0 bridgehead atoms. The maximum atomic E-state index is 14.8. The molecule has 2 aliphatic rings. The highest BCUT2D eigenvalue weighted by Gasteiger charge is 2.41. The van der Waals surface area contributed by atoms with Crippen molar-refractivity contribution >= 4 is 24.0 Å². The second kappa shape index (κ2) is 13.9. The Kier molecular flexibility index (Phi) is 10.2. The fraction of sp³-hybridized carbons (Fsp3) is 0.548. The van der Waals surface area contributed by atoms with E-state index in [-0.39, 0.29) is 62.1 Å². The van der Waals surface area contributed by atoms with Crippen molar-refractivity contribution < 1.29 is 49.6 Å². The van der Waals surface area contributed by atoms with Crippen LogP contribution >= 0.6 is 0 Å². The maximum Gasteiger partial charge on any atom is 0.407 e. The van der Waals surface area contributed by atoms with Gasteiger partial charge in [-0.1, -0.05) is 5.16 Å². The van der Waals surface area contributed by atoms with E-state index < -0.39 is 71.7 Å². The van der Waals surface area contributed by atoms with Crippen molar-refractivity contribution in [2.45, 2.75) is 76.2 Å². The van der Waals surface area contributed by atoms with E-state index in [1.165, 1.54) is 4.90 Å². The van der Waals surface area contributed by atoms with Gasteiger partial charge in [0.1, 0.15) is 23.8 Å². The van der Waals surface area contributed by atoms with Crippen LogP contribution in [0, 0.1) is 11.6 Å². The minimum Gasteiger partial charge on any atom is -0.444 e. The number of hydrogen-bond acceptors (Lipinski definition) is 10. The molecule has 2 fully saturated rings. The number of ether oxygens (including phenoxy) is 1. The van der Waals surface area contributed by atoms with Crippen LogP contribution in [0.1, 0.15) is 68.2 Å². The molecule has 12 nitrogen and oxygen atoms in total. The zero-order chi connectivity index (χ0) is 36.6. The summed E-state index contributed by atoms with van der Waals surface area (Å²) in [6.45, 7) is 4.19. The number of piperidine rings is 1. The number of aromatic nitrogens is 4. The Bertz CT molecular complexity index is 1670. The molecule has 0 saturated carbocycles. The number of nitrogens with one attached hydrogen (secondary N) is 1. The summed E-state index contributed by atoms with van der Waals surface area (Å²) in [6.07, 6.45) is -3.30. The second-order valence-corrected chi connectivity index (χ2v) is 13.3. The van der Waals surface area contributed by atoms with E-state index in [1.807, 2.05) is 0 Å². The number of alkyl carbamates (subject to hydrolysis) is 1. The normalized spacial score (nSPS) is 19.1. The van der Waals surface area contributed by atoms with Gasteiger partial charge in [0.25, 0.3) is 5.91 Å². The summed E-state index contributed by atoms with van der Waals surface area (Å²) < 4.78 is 107. The quantitative estimate of drug-likeness (QED) is 0.302. The third kappa shape index (κ3) is 8.90. The number of nitrogens with zero attached hydrogens (tertiary/aromatic N) is 7. The molecule has 2 amide bonds. The van der Waals surface area contributed by atoms with Crippen LogP contribution in [0.3, 0.4) is 0 Å². The van der Waals surface area contributed by atoms with Crippen molar-refractivity contribution in [2.75, 3.05) is 42.5 Å². The minimum atomic E-state index is -4.74. The van der Waals surface area contributed by atoms with Gasteiger partial charge in [0.2, 0.25) is 11.8 Å². The lowest BCUT2D eigenvalue weighted by Crippen LogP contribution is -2.50. The smallest absolute Gasteiger partial charge is 0.407 e. The van der Waals surface area contributed by atoms with Gasteiger partial charge in [-0.3, -0.25) is 4.79 Å². The molecule has 5 rings (SSSR count). The van der Waals surface area contributed by atoms with Crippen molar-refractivity contribution in [1.29, 1.82) is 0 Å². The van der Waals surface area contributed by atoms with Crippen molar-refractivity contribution in [1.82, 2.24) is 30.3 Å². The molecular weight excluding hydrogens is 681 g/mol. The van der Waals surface area contributed by atoms with Crippen molar-refractivity contribution in [3.05, 3.63) is 59.2 Å². The molecule has 2 unspecified atom stereocenters. The summed E-state index contributed by atoms with van der Waals surface area (Å²) >= 11 is 0. The van der Waals surface area contributed by atoms with Crippen molar-refractivity contribution in [2.24, 2.45) is 0 Å². The summed E-state index contributed by atoms with van der Waals surface area (Å²) in [4.78, 5) is 41.8. The predicted octanol–water partition coefficient (Wildman–Crippen LogP) is 5.42. The third-order valence-electron chi connectivity index (χ3n) is 8.14. The summed E-state index contributed by atoms with van der Waals surface area (Å²) in [6, 6.07) is 1.10. The lowest BCUT2D eigenvalue weighted by Gasteiger charge is -2.38. The Hall–Kier alpha value is -4.71. The van der Waals surface area contributed by atoms with Gasteiger partial charge in [0.15, 0.2) is 0 Å². The van der Waals surface area contributed by atoms with Gasteiger partial charge in [-0.15, -0.1) is 0 Å². The van der Waals surface area contributed by atoms with Gasteiger partial charge in [-0.05, 0) is 57.4 Å². The number of carbonyl (C=O) groups is 2. The molecule has 272 valence electrons. The highest BCUT2D eigenvalue weighted by molar-refractivity contribution is 5.94. The van der Waals surface area contributed by atoms with E-state index in [0.717, 1.165) is 30.6 Å². The number of anilines is 2. The third-order valence-corrected chi connectivity index (χ3v) is 8.14. The monoisotopic (exact) mass is 716 g/mol. The first kappa shape index (κ1) is 36.6. The Balaban J connectivity index is 1.31. The Morgan fingerprint density at radius 1 is 1.00 bits per heavy atom. The average Bonchev–Trinajstić information content (AvgIpc) is 3.68. The van der Waals surface area contributed by atoms with Crippen LogP contribution in [0.5, 0.6) is 0 Å². The first-order valence-corrected chi connectivity index (χ1v) is 15.6. The Labute approximate surface area is 282 Å². The fourth-order valence-electron chi connectivity index (χ4n) is 5.90. The molecule has 0 radical (unpaired) electrons. The van der Waals surface area contributed by atoms with Crippen LogP contribution in [-0.4, -0.2) is 93.6 Å². The summed E-state index contributed by atoms with van der Waals surface area (Å²) in [7, 11) is 0. The Morgan fingerprint density at radius 2 is 1.66 bits per heavy atom. The fourth-order valence-corrected chi connectivity index (χ4v) is 5.90. The van der Waals surface area contributed by atoms with E-state index in [4.69, 9.17) is 9.26 Å². The molecule has 2 atom stereocenters. The molecule has 50 heavy (non-hydrogen) atoms. The van der Waals surface area contributed by atoms with Crippen molar-refractivity contribution in [3.63, 3.8) is 0 Å². The van der Waals surface area contributed by atoms with Crippen LogP contribution in [0.2, 0.25) is 0 Å². The Morgan fingerprint density at radius 3 is 2.24 bits per heavy atom. The van der Waals surface area contributed by atoms with Gasteiger partial charge in [-0.2, -0.15) is 26.9 Å². The number of benzene rings is 1. The van der Waals surface area contributed by atoms with Crippen molar-refractivity contribution in [3.8, 4) is 0 Å². The number of halogens is 7. The van der Waals surface area contributed by atoms with Gasteiger partial charge in [-0.25, -0.2) is 23.5 Å². The molecule has 0 spiro atoms. The van der Waals surface area contributed by atoms with Gasteiger partial charge < -0.3 is 29.3 Å². The number of alkyl halides is 5. The largest absolute Gasteiger partial charge is 0.444 e. The molecule has 0 aliphatic carbocycles. The predicted molar refractivity (Wildman–Crippen MR) is 163 cm³/mol. The van der Waals surface area contributed by atoms with E-state index in [0.29, 0.717) is 11.8 Å². The molecule has 4 heterocycles. The summed E-state index contributed by atoms with van der Waals surface area (Å²) in [5.74, 6) is -7.28. The SMILES string of the molecule is CC(C)(C)OC(=O)NC1CN(c2ncc(C(=O)N(CC(F)(F)F)C3CCN(c4nc(C(C)(F)F)no4)CC3)cn2)CC1c1cc(F)ccc1F. The van der Waals surface area contributed by atoms with Crippen LogP contribution < -0.4 is 15.1 Å². The molecule has 2 aromatic heterocycles. The zero-order valence-corrected chi connectivity index (χ0v) is 27.5. The van der Waals surface area contributed by atoms with Crippen LogP contribution in [-0.2, 0) is 10.7 Å². The topological polar surface area (TPSA) is 130 Å². The van der Waals surface area contributed by atoms with Gasteiger partial charge >= 0.3 is 24.2 Å². The lowest BCUT2D eigenvalue weighted by molar-refractivity contribution is -0.145. The lowest BCUT2D eigenvalue weighted by atomic mass is 9.94. The van der Waals surface area contributed by atoms with E-state index in [9.17, 15) is 40.3 Å². The average molecular weight is 717 g/mol. The standard InChI is InChI=1S/C31H35F7N8O4/c1-29(2,3)49-28(48)41-23-15-45(14-21(23)20-11-18(32)5-6-22(20)33)26-39-12-17(13-40-26)24(47)46(16-31(36,37)38)19-7-9-44(10-8-19)27-42-25(43-50-27)30(4,34)35/h5-6,11-13,19,21,23H,7-10,14-16H2,1-4H3,(H,41,48). The number of carbonyl (C=O) groups excluding carboxylic acids is 2. The second-order valence-electron chi connectivity index (χ2n) is 13.3. The van der Waals surface area contributed by atoms with Gasteiger partial charge in [0.05, 0.1) is 11.6 Å². The summed E-state index contributed by atoms with van der Waals surface area (Å²) in [5, 5.41) is 5.95. The molecule has 19 heteroatoms. The van der Waals surface area contributed by atoms with Crippen LogP contribution in [0.15, 0.2) is 35.1 Å². The number of amides is 2. The van der Waals surface area contributed by atoms with Gasteiger partial charge in [0, 0.05) is 57.5 Å². The molecule has 1 aromatic carbocycles.